The lowest BCUT2D eigenvalue weighted by atomic mass is 10.1. The molecule has 0 saturated heterocycles. The molecule has 1 amide bonds. The van der Waals surface area contributed by atoms with Gasteiger partial charge in [0.15, 0.2) is 4.90 Å². The number of nitrogens with one attached hydrogen (secondary N) is 1. The number of benzene rings is 1. The number of aromatic nitrogens is 1. The summed E-state index contributed by atoms with van der Waals surface area (Å²) in [5.74, 6) is -1.91. The van der Waals surface area contributed by atoms with E-state index in [1.165, 1.54) is 0 Å². The van der Waals surface area contributed by atoms with Crippen molar-refractivity contribution >= 4 is 15.9 Å². The molecule has 1 aliphatic heterocycles. The average molecular weight is 371 g/mol. The summed E-state index contributed by atoms with van der Waals surface area (Å²) >= 11 is 0. The molecule has 0 saturated carbocycles. The molecule has 10 heteroatoms. The minimum atomic E-state index is -4.38. The molecule has 0 fully saturated rings. The number of hydrogen-bond acceptors (Lipinski definition) is 5. The van der Waals surface area contributed by atoms with Crippen LogP contribution in [0.3, 0.4) is 0 Å². The van der Waals surface area contributed by atoms with Gasteiger partial charge in [0.2, 0.25) is 15.9 Å². The molecule has 0 atom stereocenters. The summed E-state index contributed by atoms with van der Waals surface area (Å²) in [5, 5.41) is 3.67. The second-order valence-corrected chi connectivity index (χ2v) is 7.24. The van der Waals surface area contributed by atoms with Gasteiger partial charge in [0.25, 0.3) is 0 Å². The van der Waals surface area contributed by atoms with E-state index in [-0.39, 0.29) is 18.9 Å². The van der Waals surface area contributed by atoms with Crippen LogP contribution < -0.4 is 4.72 Å². The van der Waals surface area contributed by atoms with Gasteiger partial charge in [-0.2, -0.15) is 0 Å². The van der Waals surface area contributed by atoms with E-state index in [1.54, 1.807) is 11.1 Å². The van der Waals surface area contributed by atoms with Gasteiger partial charge in [0.1, 0.15) is 17.4 Å². The Kier molecular flexibility index (Phi) is 4.82. The van der Waals surface area contributed by atoms with Crippen molar-refractivity contribution in [2.45, 2.75) is 24.3 Å². The fourth-order valence-corrected chi connectivity index (χ4v) is 3.78. The summed E-state index contributed by atoms with van der Waals surface area (Å²) in [6, 6.07) is 2.78. The molecule has 25 heavy (non-hydrogen) atoms. The third-order valence-electron chi connectivity index (χ3n) is 3.87. The van der Waals surface area contributed by atoms with E-state index in [2.05, 4.69) is 9.88 Å². The molecule has 1 aromatic heterocycles. The molecule has 1 aliphatic rings. The normalized spacial score (nSPS) is 14.4. The van der Waals surface area contributed by atoms with Crippen LogP contribution in [0.2, 0.25) is 0 Å². The lowest BCUT2D eigenvalue weighted by Gasteiger charge is -2.25. The number of rotatable bonds is 5. The Hall–Kier alpha value is -2.33. The van der Waals surface area contributed by atoms with Gasteiger partial charge >= 0.3 is 0 Å². The topological polar surface area (TPSA) is 92.5 Å². The van der Waals surface area contributed by atoms with E-state index in [4.69, 9.17) is 4.52 Å². The van der Waals surface area contributed by atoms with Crippen LogP contribution in [-0.2, 0) is 27.8 Å². The van der Waals surface area contributed by atoms with Gasteiger partial charge in [-0.3, -0.25) is 4.79 Å². The predicted molar refractivity (Wildman–Crippen MR) is 81.8 cm³/mol. The highest BCUT2D eigenvalue weighted by Crippen LogP contribution is 2.19. The van der Waals surface area contributed by atoms with Crippen LogP contribution in [0.15, 0.2) is 33.8 Å². The van der Waals surface area contributed by atoms with Gasteiger partial charge < -0.3 is 9.42 Å². The van der Waals surface area contributed by atoms with Crippen molar-refractivity contribution < 1.29 is 26.5 Å². The lowest BCUT2D eigenvalue weighted by Crippen LogP contribution is -2.37. The Bertz CT molecular complexity index is 878. The molecule has 1 N–H and O–H groups in total. The summed E-state index contributed by atoms with van der Waals surface area (Å²) in [4.78, 5) is 12.7. The van der Waals surface area contributed by atoms with Crippen molar-refractivity contribution in [1.82, 2.24) is 14.8 Å². The molecular weight excluding hydrogens is 356 g/mol. The Morgan fingerprint density at radius 1 is 1.32 bits per heavy atom. The first-order chi connectivity index (χ1) is 11.9. The SMILES string of the molecule is O=C(CCNS(=O)(=O)c1c(F)cccc1F)N1CCc2oncc2C1. The first kappa shape index (κ1) is 17.5. The largest absolute Gasteiger partial charge is 0.361 e. The molecular formula is C15H15F2N3O4S. The minimum absolute atomic E-state index is 0.129. The van der Waals surface area contributed by atoms with Gasteiger partial charge in [0.05, 0.1) is 12.7 Å². The van der Waals surface area contributed by atoms with Crippen molar-refractivity contribution in [1.29, 1.82) is 0 Å². The molecule has 0 unspecified atom stereocenters. The number of halogens is 2. The number of nitrogens with zero attached hydrogens (tertiary/aromatic N) is 2. The summed E-state index contributed by atoms with van der Waals surface area (Å²) < 4.78 is 58.3. The smallest absolute Gasteiger partial charge is 0.246 e. The number of carbonyl (C=O) groups excluding carboxylic acids is 1. The number of carbonyl (C=O) groups is 1. The van der Waals surface area contributed by atoms with Gasteiger partial charge in [-0.1, -0.05) is 11.2 Å². The first-order valence-corrected chi connectivity index (χ1v) is 9.00. The zero-order valence-corrected chi connectivity index (χ0v) is 13.9. The maximum absolute atomic E-state index is 13.6. The van der Waals surface area contributed by atoms with Crippen LogP contribution in [0.4, 0.5) is 8.78 Å². The highest BCUT2D eigenvalue weighted by Gasteiger charge is 2.26. The molecule has 0 radical (unpaired) electrons. The van der Waals surface area contributed by atoms with Gasteiger partial charge in [-0.05, 0) is 12.1 Å². The molecule has 0 aliphatic carbocycles. The maximum atomic E-state index is 13.6. The Morgan fingerprint density at radius 3 is 2.76 bits per heavy atom. The van der Waals surface area contributed by atoms with E-state index in [0.29, 0.717) is 19.5 Å². The lowest BCUT2D eigenvalue weighted by molar-refractivity contribution is -0.132. The summed E-state index contributed by atoms with van der Waals surface area (Å²) in [6.07, 6.45) is 1.95. The fraction of sp³-hybridized carbons (Fsp3) is 0.333. The third kappa shape index (κ3) is 3.69. The number of fused-ring (bicyclic) bond motifs is 1. The van der Waals surface area contributed by atoms with E-state index < -0.39 is 26.6 Å². The van der Waals surface area contributed by atoms with Crippen molar-refractivity contribution in [2.24, 2.45) is 0 Å². The van der Waals surface area contributed by atoms with E-state index in [1.807, 2.05) is 0 Å². The summed E-state index contributed by atoms with van der Waals surface area (Å²) in [7, 11) is -4.38. The second kappa shape index (κ2) is 6.89. The highest BCUT2D eigenvalue weighted by atomic mass is 32.2. The quantitative estimate of drug-likeness (QED) is 0.853. The Morgan fingerprint density at radius 2 is 2.04 bits per heavy atom. The van der Waals surface area contributed by atoms with Crippen molar-refractivity contribution in [3.63, 3.8) is 0 Å². The average Bonchev–Trinajstić information content (AvgIpc) is 3.01. The van der Waals surface area contributed by atoms with Gasteiger partial charge in [0, 0.05) is 31.5 Å². The van der Waals surface area contributed by atoms with Gasteiger partial charge in [-0.25, -0.2) is 21.9 Å². The monoisotopic (exact) mass is 371 g/mol. The van der Waals surface area contributed by atoms with E-state index in [9.17, 15) is 22.0 Å². The fourth-order valence-electron chi connectivity index (χ4n) is 2.62. The van der Waals surface area contributed by atoms with Crippen LogP contribution >= 0.6 is 0 Å². The molecule has 1 aromatic carbocycles. The summed E-state index contributed by atoms with van der Waals surface area (Å²) in [6.45, 7) is 0.518. The van der Waals surface area contributed by atoms with E-state index in [0.717, 1.165) is 29.5 Å². The Labute approximate surface area is 142 Å². The predicted octanol–water partition coefficient (Wildman–Crippen LogP) is 1.21. The zero-order chi connectivity index (χ0) is 18.0. The number of sulfonamides is 1. The van der Waals surface area contributed by atoms with Crippen molar-refractivity contribution in [3.05, 3.63) is 47.4 Å². The highest BCUT2D eigenvalue weighted by molar-refractivity contribution is 7.89. The van der Waals surface area contributed by atoms with Crippen LogP contribution in [0, 0.1) is 11.6 Å². The molecule has 2 heterocycles. The molecule has 3 rings (SSSR count). The first-order valence-electron chi connectivity index (χ1n) is 7.52. The maximum Gasteiger partial charge on any atom is 0.246 e. The van der Waals surface area contributed by atoms with Crippen LogP contribution in [-0.4, -0.2) is 37.5 Å². The standard InChI is InChI=1S/C15H15F2N3O4S/c16-11-2-1-3-12(17)15(11)25(22,23)19-6-4-14(21)20-7-5-13-10(9-20)8-18-24-13/h1-3,8,19H,4-7,9H2. The molecule has 2 aromatic rings. The van der Waals surface area contributed by atoms with Crippen LogP contribution in [0.25, 0.3) is 0 Å². The minimum Gasteiger partial charge on any atom is -0.361 e. The Balaban J connectivity index is 1.58. The number of amides is 1. The van der Waals surface area contributed by atoms with Crippen molar-refractivity contribution in [3.8, 4) is 0 Å². The van der Waals surface area contributed by atoms with Crippen LogP contribution in [0.1, 0.15) is 17.7 Å². The third-order valence-corrected chi connectivity index (χ3v) is 5.38. The zero-order valence-electron chi connectivity index (χ0n) is 13.0. The summed E-state index contributed by atoms with van der Waals surface area (Å²) in [5.41, 5.74) is 0.814. The molecule has 0 spiro atoms. The second-order valence-electron chi connectivity index (χ2n) is 5.54. The molecule has 0 bridgehead atoms. The molecule has 134 valence electrons. The van der Waals surface area contributed by atoms with Crippen LogP contribution in [0.5, 0.6) is 0 Å². The van der Waals surface area contributed by atoms with E-state index >= 15 is 0 Å². The number of hydrogen-bond donors (Lipinski definition) is 1. The molecule has 7 nitrogen and oxygen atoms in total. The van der Waals surface area contributed by atoms with Crippen molar-refractivity contribution in [2.75, 3.05) is 13.1 Å². The van der Waals surface area contributed by atoms with Gasteiger partial charge in [-0.15, -0.1) is 0 Å².